The average molecular weight is 358 g/mol. The largest absolute Gasteiger partial charge is 0.363 e. The number of hydrogen-bond donors (Lipinski definition) is 2. The highest BCUT2D eigenvalue weighted by atomic mass is 32.2. The van der Waals surface area contributed by atoms with Crippen LogP contribution in [-0.4, -0.2) is 43.6 Å². The van der Waals surface area contributed by atoms with E-state index in [0.29, 0.717) is 9.47 Å². The maximum absolute atomic E-state index is 12.0. The number of para-hydroxylation sites is 1. The van der Waals surface area contributed by atoms with Gasteiger partial charge in [-0.3, -0.25) is 4.79 Å². The molecule has 2 aromatic rings. The molecule has 0 aliphatic heterocycles. The third-order valence-corrected chi connectivity index (χ3v) is 5.74. The summed E-state index contributed by atoms with van der Waals surface area (Å²) in [6, 6.07) is 6.30. The quantitative estimate of drug-likeness (QED) is 0.758. The van der Waals surface area contributed by atoms with Gasteiger partial charge in [0.15, 0.2) is 14.2 Å². The summed E-state index contributed by atoms with van der Waals surface area (Å²) in [6.45, 7) is 0. The van der Waals surface area contributed by atoms with E-state index in [1.54, 1.807) is 25.2 Å². The first kappa shape index (κ1) is 16.7. The number of thioether (sulfide) groups is 1. The molecule has 0 radical (unpaired) electrons. The van der Waals surface area contributed by atoms with Gasteiger partial charge in [-0.15, -0.1) is 10.2 Å². The molecule has 0 saturated carbocycles. The molecule has 0 bridgehead atoms. The zero-order chi connectivity index (χ0) is 16.2. The number of anilines is 2. The topological polar surface area (TPSA) is 101 Å². The first-order valence-corrected chi connectivity index (χ1v) is 9.82. The summed E-state index contributed by atoms with van der Waals surface area (Å²) in [4.78, 5) is 12.1. The Balaban J connectivity index is 2.01. The molecule has 1 amide bonds. The SMILES string of the molecule is CNc1nnc(SCC(=O)Nc2ccccc2S(C)(=O)=O)s1. The molecule has 0 saturated heterocycles. The Labute approximate surface area is 136 Å². The van der Waals surface area contributed by atoms with Gasteiger partial charge in [-0.1, -0.05) is 35.2 Å². The number of aromatic nitrogens is 2. The summed E-state index contributed by atoms with van der Waals surface area (Å²) in [7, 11) is -1.66. The first-order chi connectivity index (χ1) is 10.4. The summed E-state index contributed by atoms with van der Waals surface area (Å²) < 4.78 is 24.0. The van der Waals surface area contributed by atoms with E-state index in [2.05, 4.69) is 20.8 Å². The van der Waals surface area contributed by atoms with Crippen molar-refractivity contribution in [1.29, 1.82) is 0 Å². The minimum atomic E-state index is -3.40. The molecule has 0 fully saturated rings. The number of benzene rings is 1. The summed E-state index contributed by atoms with van der Waals surface area (Å²) in [5, 5.41) is 13.9. The number of rotatable bonds is 6. The molecular weight excluding hydrogens is 344 g/mol. The van der Waals surface area contributed by atoms with Crippen LogP contribution >= 0.6 is 23.1 Å². The number of carbonyl (C=O) groups excluding carboxylic acids is 1. The average Bonchev–Trinajstić information content (AvgIpc) is 2.92. The Morgan fingerprint density at radius 2 is 2.05 bits per heavy atom. The lowest BCUT2D eigenvalue weighted by molar-refractivity contribution is -0.113. The molecule has 0 unspecified atom stereocenters. The van der Waals surface area contributed by atoms with E-state index in [1.165, 1.54) is 29.2 Å². The number of hydrogen-bond acceptors (Lipinski definition) is 8. The lowest BCUT2D eigenvalue weighted by Crippen LogP contribution is -2.16. The van der Waals surface area contributed by atoms with Gasteiger partial charge in [0.2, 0.25) is 11.0 Å². The Bertz CT molecular complexity index is 773. The van der Waals surface area contributed by atoms with Gasteiger partial charge in [0, 0.05) is 13.3 Å². The number of carbonyl (C=O) groups is 1. The van der Waals surface area contributed by atoms with E-state index >= 15 is 0 Å². The van der Waals surface area contributed by atoms with Gasteiger partial charge in [-0.05, 0) is 12.1 Å². The fourth-order valence-corrected chi connectivity index (χ4v) is 3.93. The molecule has 7 nitrogen and oxygen atoms in total. The molecule has 118 valence electrons. The number of sulfone groups is 1. The van der Waals surface area contributed by atoms with E-state index in [-0.39, 0.29) is 22.2 Å². The maximum atomic E-state index is 12.0. The van der Waals surface area contributed by atoms with Gasteiger partial charge in [0.25, 0.3) is 0 Å². The molecule has 0 aliphatic rings. The lowest BCUT2D eigenvalue weighted by Gasteiger charge is -2.08. The van der Waals surface area contributed by atoms with Crippen LogP contribution in [0.1, 0.15) is 0 Å². The Kier molecular flexibility index (Phi) is 5.37. The first-order valence-electron chi connectivity index (χ1n) is 6.13. The van der Waals surface area contributed by atoms with Crippen molar-refractivity contribution < 1.29 is 13.2 Å². The van der Waals surface area contributed by atoms with Crippen LogP contribution in [0.25, 0.3) is 0 Å². The van der Waals surface area contributed by atoms with Crippen LogP contribution in [0.5, 0.6) is 0 Å². The van der Waals surface area contributed by atoms with Crippen LogP contribution in [0.2, 0.25) is 0 Å². The Morgan fingerprint density at radius 3 is 2.68 bits per heavy atom. The zero-order valence-corrected chi connectivity index (χ0v) is 14.3. The zero-order valence-electron chi connectivity index (χ0n) is 11.9. The van der Waals surface area contributed by atoms with Crippen LogP contribution in [0, 0.1) is 0 Å². The molecule has 22 heavy (non-hydrogen) atoms. The van der Waals surface area contributed by atoms with E-state index in [0.717, 1.165) is 6.26 Å². The number of nitrogens with zero attached hydrogens (tertiary/aromatic N) is 2. The molecule has 0 aliphatic carbocycles. The highest BCUT2D eigenvalue weighted by Crippen LogP contribution is 2.26. The fourth-order valence-electron chi connectivity index (χ4n) is 1.58. The molecule has 2 rings (SSSR count). The van der Waals surface area contributed by atoms with Crippen LogP contribution in [0.3, 0.4) is 0 Å². The van der Waals surface area contributed by atoms with Gasteiger partial charge < -0.3 is 10.6 Å². The van der Waals surface area contributed by atoms with E-state index in [1.807, 2.05) is 0 Å². The van der Waals surface area contributed by atoms with Crippen molar-refractivity contribution in [2.24, 2.45) is 0 Å². The smallest absolute Gasteiger partial charge is 0.234 e. The highest BCUT2D eigenvalue weighted by molar-refractivity contribution is 8.01. The minimum Gasteiger partial charge on any atom is -0.363 e. The van der Waals surface area contributed by atoms with E-state index < -0.39 is 9.84 Å². The van der Waals surface area contributed by atoms with Crippen molar-refractivity contribution >= 4 is 49.7 Å². The summed E-state index contributed by atoms with van der Waals surface area (Å²) in [5.74, 6) is -0.182. The second-order valence-electron chi connectivity index (χ2n) is 4.23. The minimum absolute atomic E-state index is 0.0988. The molecule has 2 N–H and O–H groups in total. The fraction of sp³-hybridized carbons (Fsp3) is 0.250. The van der Waals surface area contributed by atoms with Crippen LogP contribution in [0.4, 0.5) is 10.8 Å². The van der Waals surface area contributed by atoms with Crippen molar-refractivity contribution in [2.45, 2.75) is 9.24 Å². The summed E-state index contributed by atoms with van der Waals surface area (Å²) >= 11 is 2.58. The molecule has 10 heteroatoms. The molecule has 1 aromatic carbocycles. The highest BCUT2D eigenvalue weighted by Gasteiger charge is 2.15. The van der Waals surface area contributed by atoms with Crippen LogP contribution in [-0.2, 0) is 14.6 Å². The molecule has 0 atom stereocenters. The summed E-state index contributed by atoms with van der Waals surface area (Å²) in [5.41, 5.74) is 0.281. The number of nitrogens with one attached hydrogen (secondary N) is 2. The second kappa shape index (κ2) is 7.07. The predicted molar refractivity (Wildman–Crippen MR) is 88.4 cm³/mol. The Hall–Kier alpha value is -1.65. The lowest BCUT2D eigenvalue weighted by atomic mass is 10.3. The van der Waals surface area contributed by atoms with Crippen LogP contribution < -0.4 is 10.6 Å². The van der Waals surface area contributed by atoms with Crippen molar-refractivity contribution in [3.05, 3.63) is 24.3 Å². The summed E-state index contributed by atoms with van der Waals surface area (Å²) in [6.07, 6.45) is 1.10. The van der Waals surface area contributed by atoms with Crippen LogP contribution in [0.15, 0.2) is 33.5 Å². The van der Waals surface area contributed by atoms with Crippen molar-refractivity contribution in [1.82, 2.24) is 10.2 Å². The monoisotopic (exact) mass is 358 g/mol. The van der Waals surface area contributed by atoms with Gasteiger partial charge in [0.1, 0.15) is 0 Å². The van der Waals surface area contributed by atoms with Gasteiger partial charge >= 0.3 is 0 Å². The molecule has 1 aromatic heterocycles. The van der Waals surface area contributed by atoms with Gasteiger partial charge in [0.05, 0.1) is 16.3 Å². The molecule has 1 heterocycles. The third kappa shape index (κ3) is 4.42. The number of amides is 1. The second-order valence-corrected chi connectivity index (χ2v) is 8.41. The van der Waals surface area contributed by atoms with Gasteiger partial charge in [-0.2, -0.15) is 0 Å². The standard InChI is InChI=1S/C12H14N4O3S3/c1-13-11-15-16-12(21-11)20-7-10(17)14-8-5-3-4-6-9(8)22(2,18)19/h3-6H,7H2,1-2H3,(H,13,15)(H,14,17). The van der Waals surface area contributed by atoms with E-state index in [4.69, 9.17) is 0 Å². The van der Waals surface area contributed by atoms with Gasteiger partial charge in [-0.25, -0.2) is 8.42 Å². The van der Waals surface area contributed by atoms with Crippen molar-refractivity contribution in [3.8, 4) is 0 Å². The molecule has 0 spiro atoms. The third-order valence-electron chi connectivity index (χ3n) is 2.51. The Morgan fingerprint density at radius 1 is 1.32 bits per heavy atom. The maximum Gasteiger partial charge on any atom is 0.234 e. The molecular formula is C12H14N4O3S3. The normalized spacial score (nSPS) is 11.2. The van der Waals surface area contributed by atoms with E-state index in [9.17, 15) is 13.2 Å². The van der Waals surface area contributed by atoms with Crippen molar-refractivity contribution in [2.75, 3.05) is 29.7 Å². The van der Waals surface area contributed by atoms with Crippen molar-refractivity contribution in [3.63, 3.8) is 0 Å². The predicted octanol–water partition coefficient (Wildman–Crippen LogP) is 1.71.